The second kappa shape index (κ2) is 10.2. The first-order chi connectivity index (χ1) is 16.4. The number of nitrogens with zero attached hydrogens (tertiary/aromatic N) is 4. The van der Waals surface area contributed by atoms with Crippen LogP contribution < -0.4 is 19.5 Å². The number of nitrogens with one attached hydrogen (secondary N) is 1. The van der Waals surface area contributed by atoms with Gasteiger partial charge < -0.3 is 29.0 Å². The maximum Gasteiger partial charge on any atom is 0.321 e. The summed E-state index contributed by atoms with van der Waals surface area (Å²) in [7, 11) is 4.65. The number of benzene rings is 1. The Morgan fingerprint density at radius 1 is 1.12 bits per heavy atom. The molecule has 4 rings (SSSR count). The van der Waals surface area contributed by atoms with Gasteiger partial charge in [0.2, 0.25) is 5.75 Å². The van der Waals surface area contributed by atoms with Gasteiger partial charge in [0.15, 0.2) is 17.1 Å². The highest BCUT2D eigenvalue weighted by Crippen LogP contribution is 2.40. The number of fused-ring (bicyclic) bond motifs is 1. The van der Waals surface area contributed by atoms with E-state index in [4.69, 9.17) is 19.2 Å². The molecule has 0 bridgehead atoms. The number of carbonyl (C=O) groups excluding carboxylic acids is 1. The smallest absolute Gasteiger partial charge is 0.321 e. The first-order valence-electron chi connectivity index (χ1n) is 11.6. The summed E-state index contributed by atoms with van der Waals surface area (Å²) in [6.07, 6.45) is 4.41. The summed E-state index contributed by atoms with van der Waals surface area (Å²) in [6, 6.07) is 7.51. The molecule has 0 saturated carbocycles. The number of ether oxygens (including phenoxy) is 3. The Bertz CT molecular complexity index is 1130. The summed E-state index contributed by atoms with van der Waals surface area (Å²) >= 11 is 0. The van der Waals surface area contributed by atoms with Crippen molar-refractivity contribution < 1.29 is 19.0 Å². The van der Waals surface area contributed by atoms with Crippen LogP contribution in [-0.4, -0.2) is 59.9 Å². The van der Waals surface area contributed by atoms with Crippen molar-refractivity contribution in [3.05, 3.63) is 36.3 Å². The number of imidazole rings is 1. The molecule has 0 radical (unpaired) electrons. The molecule has 1 saturated heterocycles. The van der Waals surface area contributed by atoms with Gasteiger partial charge >= 0.3 is 6.03 Å². The number of rotatable bonds is 7. The fourth-order valence-corrected chi connectivity index (χ4v) is 4.55. The van der Waals surface area contributed by atoms with Gasteiger partial charge in [-0.3, -0.25) is 0 Å². The van der Waals surface area contributed by atoms with Crippen molar-refractivity contribution in [1.82, 2.24) is 19.4 Å². The molecule has 0 spiro atoms. The van der Waals surface area contributed by atoms with E-state index in [1.165, 1.54) is 0 Å². The fourth-order valence-electron chi connectivity index (χ4n) is 4.55. The molecule has 0 aliphatic carbocycles. The molecule has 9 nitrogen and oxygen atoms in total. The predicted molar refractivity (Wildman–Crippen MR) is 131 cm³/mol. The number of urea groups is 1. The molecule has 3 aromatic rings. The molecule has 182 valence electrons. The fraction of sp³-hybridized carbons (Fsp3) is 0.480. The number of hydrogen-bond donors (Lipinski definition) is 1. The molecule has 1 N–H and O–H groups in total. The van der Waals surface area contributed by atoms with Crippen LogP contribution in [0.25, 0.3) is 11.2 Å². The third kappa shape index (κ3) is 4.73. The second-order valence-corrected chi connectivity index (χ2v) is 8.90. The topological polar surface area (TPSA) is 90.7 Å². The first kappa shape index (κ1) is 23.7. The number of anilines is 1. The van der Waals surface area contributed by atoms with Crippen molar-refractivity contribution in [3.63, 3.8) is 0 Å². The zero-order valence-electron chi connectivity index (χ0n) is 20.5. The van der Waals surface area contributed by atoms with E-state index in [0.717, 1.165) is 36.3 Å². The number of amides is 2. The van der Waals surface area contributed by atoms with Crippen LogP contribution in [0.1, 0.15) is 38.6 Å². The standard InChI is InChI=1S/C25H33N5O4/c1-16(2)13-22-28-19-7-6-10-26-24(19)30(22)18-8-11-29(12-9-18)25(31)27-17-14-20(32-3)23(34-5)21(15-17)33-4/h6-7,10,14-16,18H,8-9,11-13H2,1-5H3,(H,27,31). The largest absolute Gasteiger partial charge is 0.493 e. The van der Waals surface area contributed by atoms with E-state index in [-0.39, 0.29) is 12.1 Å². The van der Waals surface area contributed by atoms with E-state index >= 15 is 0 Å². The molecule has 2 aromatic heterocycles. The van der Waals surface area contributed by atoms with Gasteiger partial charge in [-0.15, -0.1) is 0 Å². The molecular formula is C25H33N5O4. The summed E-state index contributed by atoms with van der Waals surface area (Å²) in [6.45, 7) is 5.70. The number of methoxy groups -OCH3 is 3. The minimum atomic E-state index is -0.149. The lowest BCUT2D eigenvalue weighted by Gasteiger charge is -2.33. The molecule has 2 amide bonds. The number of hydrogen-bond acceptors (Lipinski definition) is 6. The average molecular weight is 468 g/mol. The van der Waals surface area contributed by atoms with Crippen molar-refractivity contribution in [2.75, 3.05) is 39.7 Å². The summed E-state index contributed by atoms with van der Waals surface area (Å²) in [5.41, 5.74) is 2.45. The Hall–Kier alpha value is -3.49. The van der Waals surface area contributed by atoms with Crippen molar-refractivity contribution in [2.45, 2.75) is 39.2 Å². The van der Waals surface area contributed by atoms with Crippen LogP contribution in [0.5, 0.6) is 17.2 Å². The Labute approximate surface area is 200 Å². The number of carbonyl (C=O) groups is 1. The van der Waals surface area contributed by atoms with Gasteiger partial charge in [0.25, 0.3) is 0 Å². The quantitative estimate of drug-likeness (QED) is 0.549. The third-order valence-electron chi connectivity index (χ3n) is 6.15. The number of likely N-dealkylation sites (tertiary alicyclic amines) is 1. The molecule has 0 unspecified atom stereocenters. The van der Waals surface area contributed by atoms with Crippen molar-refractivity contribution in [2.24, 2.45) is 5.92 Å². The lowest BCUT2D eigenvalue weighted by molar-refractivity contribution is 0.183. The summed E-state index contributed by atoms with van der Waals surface area (Å²) in [5.74, 6) is 3.05. The molecule has 34 heavy (non-hydrogen) atoms. The van der Waals surface area contributed by atoms with Gasteiger partial charge in [-0.1, -0.05) is 13.8 Å². The van der Waals surface area contributed by atoms with Crippen molar-refractivity contribution in [3.8, 4) is 17.2 Å². The van der Waals surface area contributed by atoms with Gasteiger partial charge in [0.05, 0.1) is 27.0 Å². The SMILES string of the molecule is COc1cc(NC(=O)N2CCC(n3c(CC(C)C)nc4cccnc43)CC2)cc(OC)c1OC. The van der Waals surface area contributed by atoms with Crippen LogP contribution in [-0.2, 0) is 6.42 Å². The van der Waals surface area contributed by atoms with Crippen molar-refractivity contribution >= 4 is 22.9 Å². The highest BCUT2D eigenvalue weighted by Gasteiger charge is 2.28. The predicted octanol–water partition coefficient (Wildman–Crippen LogP) is 4.52. The van der Waals surface area contributed by atoms with Gasteiger partial charge in [-0.25, -0.2) is 14.8 Å². The molecule has 1 aliphatic heterocycles. The van der Waals surface area contributed by atoms with Gasteiger partial charge in [0, 0.05) is 43.9 Å². The van der Waals surface area contributed by atoms with Crippen LogP contribution in [0.3, 0.4) is 0 Å². The maximum atomic E-state index is 13.0. The molecule has 1 aliphatic rings. The Morgan fingerprint density at radius 2 is 1.79 bits per heavy atom. The van der Waals surface area contributed by atoms with E-state index in [9.17, 15) is 4.79 Å². The maximum absolute atomic E-state index is 13.0. The Kier molecular flexibility index (Phi) is 7.09. The van der Waals surface area contributed by atoms with Gasteiger partial charge in [-0.2, -0.15) is 0 Å². The second-order valence-electron chi connectivity index (χ2n) is 8.90. The van der Waals surface area contributed by atoms with E-state index < -0.39 is 0 Å². The summed E-state index contributed by atoms with van der Waals surface area (Å²) in [5, 5.41) is 2.97. The van der Waals surface area contributed by atoms with Crippen LogP contribution in [0.2, 0.25) is 0 Å². The summed E-state index contributed by atoms with van der Waals surface area (Å²) in [4.78, 5) is 24.3. The van der Waals surface area contributed by atoms with Gasteiger partial charge in [0.1, 0.15) is 11.3 Å². The zero-order valence-corrected chi connectivity index (χ0v) is 20.5. The molecule has 0 atom stereocenters. The minimum absolute atomic E-state index is 0.149. The number of pyridine rings is 1. The van der Waals surface area contributed by atoms with E-state index in [0.29, 0.717) is 41.9 Å². The normalized spacial score (nSPS) is 14.5. The highest BCUT2D eigenvalue weighted by atomic mass is 16.5. The van der Waals surface area contributed by atoms with Gasteiger partial charge in [-0.05, 0) is 30.9 Å². The third-order valence-corrected chi connectivity index (χ3v) is 6.15. The zero-order chi connectivity index (χ0) is 24.2. The average Bonchev–Trinajstić information content (AvgIpc) is 3.20. The molecule has 1 aromatic carbocycles. The molecule has 9 heteroatoms. The molecule has 3 heterocycles. The first-order valence-corrected chi connectivity index (χ1v) is 11.6. The van der Waals surface area contributed by atoms with E-state index in [2.05, 4.69) is 28.7 Å². The Balaban J connectivity index is 1.47. The molecular weight excluding hydrogens is 434 g/mol. The lowest BCUT2D eigenvalue weighted by Crippen LogP contribution is -2.41. The lowest BCUT2D eigenvalue weighted by atomic mass is 10.0. The Morgan fingerprint density at radius 3 is 2.38 bits per heavy atom. The van der Waals surface area contributed by atoms with Crippen LogP contribution >= 0.6 is 0 Å². The monoisotopic (exact) mass is 467 g/mol. The van der Waals surface area contributed by atoms with E-state index in [1.54, 1.807) is 33.5 Å². The van der Waals surface area contributed by atoms with Crippen LogP contribution in [0.4, 0.5) is 10.5 Å². The van der Waals surface area contributed by atoms with E-state index in [1.807, 2.05) is 23.2 Å². The minimum Gasteiger partial charge on any atom is -0.493 e. The molecule has 1 fully saturated rings. The van der Waals surface area contributed by atoms with Crippen LogP contribution in [0, 0.1) is 5.92 Å². The number of piperidine rings is 1. The van der Waals surface area contributed by atoms with Crippen LogP contribution in [0.15, 0.2) is 30.5 Å². The highest BCUT2D eigenvalue weighted by molar-refractivity contribution is 5.90. The number of aromatic nitrogens is 3. The summed E-state index contributed by atoms with van der Waals surface area (Å²) < 4.78 is 18.4. The van der Waals surface area contributed by atoms with Crippen molar-refractivity contribution in [1.29, 1.82) is 0 Å².